The van der Waals surface area contributed by atoms with Gasteiger partial charge in [0.05, 0.1) is 0 Å². The molecule has 1 N–H and O–H groups in total. The van der Waals surface area contributed by atoms with E-state index < -0.39 is 0 Å². The fraction of sp³-hybridized carbons (Fsp3) is 0.375. The SMILES string of the molecule is O=C(Nc1cccc2cnccc12)C1CCCCC1. The predicted molar refractivity (Wildman–Crippen MR) is 76.9 cm³/mol. The molecule has 98 valence electrons. The first-order chi connectivity index (χ1) is 9.34. The summed E-state index contributed by atoms with van der Waals surface area (Å²) in [6.45, 7) is 0. The predicted octanol–water partition coefficient (Wildman–Crippen LogP) is 3.75. The third-order valence-corrected chi connectivity index (χ3v) is 3.91. The van der Waals surface area contributed by atoms with Crippen molar-refractivity contribution in [3.8, 4) is 0 Å². The van der Waals surface area contributed by atoms with E-state index in [1.165, 1.54) is 19.3 Å². The van der Waals surface area contributed by atoms with Crippen LogP contribution in [0.4, 0.5) is 5.69 Å². The maximum atomic E-state index is 12.3. The van der Waals surface area contributed by atoms with E-state index in [0.29, 0.717) is 0 Å². The Labute approximate surface area is 113 Å². The first-order valence-corrected chi connectivity index (χ1v) is 6.98. The van der Waals surface area contributed by atoms with Crippen LogP contribution in [-0.4, -0.2) is 10.9 Å². The summed E-state index contributed by atoms with van der Waals surface area (Å²) in [4.78, 5) is 16.4. The summed E-state index contributed by atoms with van der Waals surface area (Å²) >= 11 is 0. The summed E-state index contributed by atoms with van der Waals surface area (Å²) in [6, 6.07) is 7.88. The van der Waals surface area contributed by atoms with Crippen LogP contribution in [0.3, 0.4) is 0 Å². The van der Waals surface area contributed by atoms with Gasteiger partial charge < -0.3 is 5.32 Å². The van der Waals surface area contributed by atoms with Gasteiger partial charge >= 0.3 is 0 Å². The Morgan fingerprint density at radius 2 is 2.00 bits per heavy atom. The van der Waals surface area contributed by atoms with Gasteiger partial charge in [-0.3, -0.25) is 9.78 Å². The smallest absolute Gasteiger partial charge is 0.227 e. The lowest BCUT2D eigenvalue weighted by molar-refractivity contribution is -0.120. The molecule has 1 aliphatic carbocycles. The number of rotatable bonds is 2. The van der Waals surface area contributed by atoms with Crippen molar-refractivity contribution < 1.29 is 4.79 Å². The third-order valence-electron chi connectivity index (χ3n) is 3.91. The van der Waals surface area contributed by atoms with Gasteiger partial charge in [-0.15, -0.1) is 0 Å². The topological polar surface area (TPSA) is 42.0 Å². The molecular formula is C16H18N2O. The number of nitrogens with zero attached hydrogens (tertiary/aromatic N) is 1. The normalized spacial score (nSPS) is 16.4. The second-order valence-electron chi connectivity index (χ2n) is 5.23. The molecule has 0 radical (unpaired) electrons. The molecule has 3 nitrogen and oxygen atoms in total. The van der Waals surface area contributed by atoms with Crippen LogP contribution in [0.25, 0.3) is 10.8 Å². The van der Waals surface area contributed by atoms with Gasteiger partial charge in [0.15, 0.2) is 0 Å². The van der Waals surface area contributed by atoms with Crippen molar-refractivity contribution in [1.29, 1.82) is 0 Å². The fourth-order valence-corrected chi connectivity index (χ4v) is 2.83. The highest BCUT2D eigenvalue weighted by molar-refractivity contribution is 6.02. The molecule has 0 aliphatic heterocycles. The van der Waals surface area contributed by atoms with Gasteiger partial charge in [0.1, 0.15) is 0 Å². The van der Waals surface area contributed by atoms with E-state index in [0.717, 1.165) is 29.3 Å². The number of carbonyl (C=O) groups excluding carboxylic acids is 1. The van der Waals surface area contributed by atoms with E-state index in [2.05, 4.69) is 10.3 Å². The van der Waals surface area contributed by atoms with Crippen LogP contribution in [0.15, 0.2) is 36.7 Å². The van der Waals surface area contributed by atoms with Crippen LogP contribution in [0.2, 0.25) is 0 Å². The minimum atomic E-state index is 0.170. The number of hydrogen-bond acceptors (Lipinski definition) is 2. The number of aromatic nitrogens is 1. The average molecular weight is 254 g/mol. The molecule has 1 aromatic carbocycles. The van der Waals surface area contributed by atoms with Crippen LogP contribution in [0, 0.1) is 5.92 Å². The van der Waals surface area contributed by atoms with E-state index in [1.54, 1.807) is 6.20 Å². The van der Waals surface area contributed by atoms with Gasteiger partial charge in [-0.1, -0.05) is 31.4 Å². The van der Waals surface area contributed by atoms with Crippen molar-refractivity contribution >= 4 is 22.4 Å². The molecule has 0 atom stereocenters. The Morgan fingerprint density at radius 3 is 2.84 bits per heavy atom. The van der Waals surface area contributed by atoms with Crippen molar-refractivity contribution in [2.75, 3.05) is 5.32 Å². The standard InChI is InChI=1S/C16H18N2O/c19-16(12-5-2-1-3-6-12)18-15-8-4-7-13-11-17-10-9-14(13)15/h4,7-12H,1-3,5-6H2,(H,18,19). The van der Waals surface area contributed by atoms with Crippen LogP contribution >= 0.6 is 0 Å². The highest BCUT2D eigenvalue weighted by atomic mass is 16.1. The Balaban J connectivity index is 1.82. The van der Waals surface area contributed by atoms with Crippen molar-refractivity contribution in [3.63, 3.8) is 0 Å². The number of carbonyl (C=O) groups is 1. The molecule has 0 saturated heterocycles. The molecular weight excluding hydrogens is 236 g/mol. The summed E-state index contributed by atoms with van der Waals surface area (Å²) in [6.07, 6.45) is 9.26. The van der Waals surface area contributed by atoms with Gasteiger partial charge in [0, 0.05) is 34.8 Å². The minimum Gasteiger partial charge on any atom is -0.325 e. The van der Waals surface area contributed by atoms with Crippen LogP contribution < -0.4 is 5.32 Å². The zero-order valence-corrected chi connectivity index (χ0v) is 10.9. The number of nitrogens with one attached hydrogen (secondary N) is 1. The Kier molecular flexibility index (Phi) is 3.45. The number of hydrogen-bond donors (Lipinski definition) is 1. The van der Waals surface area contributed by atoms with Crippen molar-refractivity contribution in [2.24, 2.45) is 5.92 Å². The second kappa shape index (κ2) is 5.39. The van der Waals surface area contributed by atoms with E-state index in [1.807, 2.05) is 30.5 Å². The molecule has 0 bridgehead atoms. The maximum absolute atomic E-state index is 12.3. The van der Waals surface area contributed by atoms with E-state index in [4.69, 9.17) is 0 Å². The molecule has 3 rings (SSSR count). The number of pyridine rings is 1. The zero-order valence-electron chi connectivity index (χ0n) is 10.9. The second-order valence-corrected chi connectivity index (χ2v) is 5.23. The number of benzene rings is 1. The van der Waals surface area contributed by atoms with Crippen LogP contribution in [0.5, 0.6) is 0 Å². The van der Waals surface area contributed by atoms with E-state index in [9.17, 15) is 4.79 Å². The molecule has 0 spiro atoms. The number of anilines is 1. The van der Waals surface area contributed by atoms with Crippen molar-refractivity contribution in [2.45, 2.75) is 32.1 Å². The van der Waals surface area contributed by atoms with Crippen LogP contribution in [0.1, 0.15) is 32.1 Å². The van der Waals surface area contributed by atoms with Crippen molar-refractivity contribution in [1.82, 2.24) is 4.98 Å². The zero-order chi connectivity index (χ0) is 13.1. The highest BCUT2D eigenvalue weighted by Crippen LogP contribution is 2.27. The number of fused-ring (bicyclic) bond motifs is 1. The maximum Gasteiger partial charge on any atom is 0.227 e. The fourth-order valence-electron chi connectivity index (χ4n) is 2.83. The molecule has 2 aromatic rings. The molecule has 19 heavy (non-hydrogen) atoms. The van der Waals surface area contributed by atoms with Gasteiger partial charge in [-0.25, -0.2) is 0 Å². The first-order valence-electron chi connectivity index (χ1n) is 6.98. The first kappa shape index (κ1) is 12.2. The highest BCUT2D eigenvalue weighted by Gasteiger charge is 2.21. The molecule has 1 amide bonds. The van der Waals surface area contributed by atoms with Gasteiger partial charge in [-0.2, -0.15) is 0 Å². The van der Waals surface area contributed by atoms with E-state index in [-0.39, 0.29) is 11.8 Å². The molecule has 0 unspecified atom stereocenters. The average Bonchev–Trinajstić information content (AvgIpc) is 2.48. The van der Waals surface area contributed by atoms with Gasteiger partial charge in [0.25, 0.3) is 0 Å². The molecule has 3 heteroatoms. The third kappa shape index (κ3) is 2.60. The van der Waals surface area contributed by atoms with Gasteiger partial charge in [0.2, 0.25) is 5.91 Å². The summed E-state index contributed by atoms with van der Waals surface area (Å²) in [5.41, 5.74) is 0.899. The van der Waals surface area contributed by atoms with Crippen LogP contribution in [-0.2, 0) is 4.79 Å². The quantitative estimate of drug-likeness (QED) is 0.886. The molecule has 1 heterocycles. The summed E-state index contributed by atoms with van der Waals surface area (Å²) in [7, 11) is 0. The summed E-state index contributed by atoms with van der Waals surface area (Å²) < 4.78 is 0. The molecule has 1 fully saturated rings. The lowest BCUT2D eigenvalue weighted by Gasteiger charge is -2.21. The molecule has 1 saturated carbocycles. The van der Waals surface area contributed by atoms with Gasteiger partial charge in [-0.05, 0) is 25.0 Å². The molecule has 1 aromatic heterocycles. The summed E-state index contributed by atoms with van der Waals surface area (Å²) in [5.74, 6) is 0.356. The minimum absolute atomic E-state index is 0.170. The monoisotopic (exact) mass is 254 g/mol. The Bertz CT molecular complexity index is 583. The lowest BCUT2D eigenvalue weighted by Crippen LogP contribution is -2.24. The summed E-state index contributed by atoms with van der Waals surface area (Å²) in [5, 5.41) is 5.20. The largest absolute Gasteiger partial charge is 0.325 e. The van der Waals surface area contributed by atoms with E-state index >= 15 is 0 Å². The Hall–Kier alpha value is -1.90. The lowest BCUT2D eigenvalue weighted by atomic mass is 9.88. The van der Waals surface area contributed by atoms with Crippen molar-refractivity contribution in [3.05, 3.63) is 36.7 Å². The molecule has 1 aliphatic rings. The Morgan fingerprint density at radius 1 is 1.16 bits per heavy atom. The number of amides is 1.